The van der Waals surface area contributed by atoms with Crippen LogP contribution < -0.4 is 11.1 Å². The molecule has 1 atom stereocenters. The number of nitrogens with one attached hydrogen (secondary N) is 1. The van der Waals surface area contributed by atoms with E-state index in [9.17, 15) is 4.79 Å². The van der Waals surface area contributed by atoms with Crippen LogP contribution in [0.4, 0.5) is 0 Å². The van der Waals surface area contributed by atoms with Crippen LogP contribution in [-0.4, -0.2) is 23.5 Å². The molecular formula is C15H23N3O. The van der Waals surface area contributed by atoms with E-state index in [0.29, 0.717) is 19.0 Å². The lowest BCUT2D eigenvalue weighted by Crippen LogP contribution is -2.32. The van der Waals surface area contributed by atoms with E-state index < -0.39 is 0 Å². The lowest BCUT2D eigenvalue weighted by molar-refractivity contribution is -0.121. The van der Waals surface area contributed by atoms with Gasteiger partial charge in [-0.2, -0.15) is 0 Å². The van der Waals surface area contributed by atoms with Crippen LogP contribution in [0.15, 0.2) is 24.5 Å². The molecule has 0 aliphatic heterocycles. The summed E-state index contributed by atoms with van der Waals surface area (Å²) in [6.45, 7) is 0.558. The first-order valence-electron chi connectivity index (χ1n) is 7.19. The van der Waals surface area contributed by atoms with Crippen molar-refractivity contribution in [2.75, 3.05) is 6.54 Å². The van der Waals surface area contributed by atoms with Crippen LogP contribution in [0.1, 0.15) is 50.0 Å². The Hall–Kier alpha value is -1.42. The molecule has 4 heteroatoms. The number of aromatic nitrogens is 1. The van der Waals surface area contributed by atoms with Crippen LogP contribution in [0, 0.1) is 0 Å². The maximum absolute atomic E-state index is 11.9. The molecule has 2 rings (SSSR count). The van der Waals surface area contributed by atoms with Crippen LogP contribution >= 0.6 is 0 Å². The lowest BCUT2D eigenvalue weighted by Gasteiger charge is -2.16. The van der Waals surface area contributed by atoms with Crippen molar-refractivity contribution in [2.45, 2.75) is 50.5 Å². The van der Waals surface area contributed by atoms with E-state index in [-0.39, 0.29) is 11.8 Å². The fourth-order valence-electron chi connectivity index (χ4n) is 2.71. The van der Waals surface area contributed by atoms with Crippen molar-refractivity contribution in [1.29, 1.82) is 0 Å². The summed E-state index contributed by atoms with van der Waals surface area (Å²) in [5.41, 5.74) is 6.92. The highest BCUT2D eigenvalue weighted by atomic mass is 16.1. The normalized spacial score (nSPS) is 17.3. The van der Waals surface area contributed by atoms with Gasteiger partial charge in [-0.05, 0) is 43.4 Å². The highest BCUT2D eigenvalue weighted by molar-refractivity contribution is 5.76. The summed E-state index contributed by atoms with van der Waals surface area (Å²) in [4.78, 5) is 16.0. The molecule has 1 aliphatic rings. The smallest absolute Gasteiger partial charge is 0.220 e. The summed E-state index contributed by atoms with van der Waals surface area (Å²) in [6, 6.07) is 4.35. The zero-order chi connectivity index (χ0) is 13.5. The SMILES string of the molecule is NCC(CCC(=O)NC1CCCC1)c1cccnc1. The van der Waals surface area contributed by atoms with Gasteiger partial charge in [0.2, 0.25) is 5.91 Å². The Kier molecular flexibility index (Phi) is 5.33. The van der Waals surface area contributed by atoms with Crippen molar-refractivity contribution in [1.82, 2.24) is 10.3 Å². The lowest BCUT2D eigenvalue weighted by atomic mass is 9.95. The first-order valence-corrected chi connectivity index (χ1v) is 7.19. The van der Waals surface area contributed by atoms with Gasteiger partial charge >= 0.3 is 0 Å². The molecule has 0 bridgehead atoms. The predicted octanol–water partition coefficient (Wildman–Crippen LogP) is 1.96. The van der Waals surface area contributed by atoms with Crippen molar-refractivity contribution in [2.24, 2.45) is 5.73 Å². The second-order valence-corrected chi connectivity index (χ2v) is 5.31. The summed E-state index contributed by atoms with van der Waals surface area (Å²) < 4.78 is 0. The molecule has 1 heterocycles. The molecule has 1 fully saturated rings. The van der Waals surface area contributed by atoms with Crippen molar-refractivity contribution in [3.63, 3.8) is 0 Å². The standard InChI is InChI=1S/C15H23N3O/c16-10-12(13-4-3-9-17-11-13)7-8-15(19)18-14-5-1-2-6-14/h3-4,9,11-12,14H,1-2,5-8,10,16H2,(H,18,19). The Bertz CT molecular complexity index is 388. The molecule has 3 N–H and O–H groups in total. The van der Waals surface area contributed by atoms with Crippen LogP contribution in [0.5, 0.6) is 0 Å². The number of nitrogens with zero attached hydrogens (tertiary/aromatic N) is 1. The Morgan fingerprint density at radius 3 is 2.89 bits per heavy atom. The van der Waals surface area contributed by atoms with E-state index in [0.717, 1.165) is 24.8 Å². The van der Waals surface area contributed by atoms with Gasteiger partial charge in [-0.15, -0.1) is 0 Å². The van der Waals surface area contributed by atoms with E-state index >= 15 is 0 Å². The number of amides is 1. The predicted molar refractivity (Wildman–Crippen MR) is 75.7 cm³/mol. The summed E-state index contributed by atoms with van der Waals surface area (Å²) >= 11 is 0. The minimum absolute atomic E-state index is 0.161. The maximum atomic E-state index is 11.9. The molecule has 104 valence electrons. The van der Waals surface area contributed by atoms with Crippen LogP contribution in [0.2, 0.25) is 0 Å². The van der Waals surface area contributed by atoms with E-state index in [1.165, 1.54) is 12.8 Å². The van der Waals surface area contributed by atoms with Gasteiger partial charge in [0.1, 0.15) is 0 Å². The number of pyridine rings is 1. The highest BCUT2D eigenvalue weighted by Gasteiger charge is 2.18. The molecule has 1 amide bonds. The molecule has 1 saturated carbocycles. The van der Waals surface area contributed by atoms with Gasteiger partial charge in [0.05, 0.1) is 0 Å². The molecule has 0 aromatic carbocycles. The van der Waals surface area contributed by atoms with Gasteiger partial charge in [0.25, 0.3) is 0 Å². The molecule has 0 saturated heterocycles. The van der Waals surface area contributed by atoms with E-state index in [2.05, 4.69) is 10.3 Å². The van der Waals surface area contributed by atoms with Crippen molar-refractivity contribution in [3.8, 4) is 0 Å². The van der Waals surface area contributed by atoms with E-state index in [1.807, 2.05) is 18.3 Å². The summed E-state index contributed by atoms with van der Waals surface area (Å²) in [7, 11) is 0. The summed E-state index contributed by atoms with van der Waals surface area (Å²) in [5, 5.41) is 3.11. The van der Waals surface area contributed by atoms with E-state index in [4.69, 9.17) is 5.73 Å². The third-order valence-corrected chi connectivity index (χ3v) is 3.88. The highest BCUT2D eigenvalue weighted by Crippen LogP contribution is 2.20. The second kappa shape index (κ2) is 7.24. The van der Waals surface area contributed by atoms with E-state index in [1.54, 1.807) is 6.20 Å². The van der Waals surface area contributed by atoms with Crippen LogP contribution in [0.25, 0.3) is 0 Å². The first kappa shape index (κ1) is 14.0. The summed E-state index contributed by atoms with van der Waals surface area (Å²) in [5.74, 6) is 0.386. The molecule has 1 aliphatic carbocycles. The Morgan fingerprint density at radius 2 is 2.26 bits per heavy atom. The number of carbonyl (C=O) groups is 1. The molecule has 0 radical (unpaired) electrons. The number of nitrogens with two attached hydrogens (primary N) is 1. The molecule has 4 nitrogen and oxygen atoms in total. The Labute approximate surface area is 114 Å². The molecule has 1 unspecified atom stereocenters. The van der Waals surface area contributed by atoms with Crippen LogP contribution in [0.3, 0.4) is 0 Å². The van der Waals surface area contributed by atoms with Gasteiger partial charge < -0.3 is 11.1 Å². The quantitative estimate of drug-likeness (QED) is 0.822. The Morgan fingerprint density at radius 1 is 1.47 bits per heavy atom. The fourth-order valence-corrected chi connectivity index (χ4v) is 2.71. The monoisotopic (exact) mass is 261 g/mol. The molecule has 0 spiro atoms. The van der Waals surface area contributed by atoms with Gasteiger partial charge in [-0.25, -0.2) is 0 Å². The Balaban J connectivity index is 1.78. The van der Waals surface area contributed by atoms with Crippen molar-refractivity contribution in [3.05, 3.63) is 30.1 Å². The summed E-state index contributed by atoms with van der Waals surface area (Å²) in [6.07, 6.45) is 9.69. The topological polar surface area (TPSA) is 68.0 Å². The third kappa shape index (κ3) is 4.31. The fraction of sp³-hybridized carbons (Fsp3) is 0.600. The molecule has 1 aromatic rings. The zero-order valence-electron chi connectivity index (χ0n) is 11.3. The van der Waals surface area contributed by atoms with Crippen molar-refractivity contribution < 1.29 is 4.79 Å². The van der Waals surface area contributed by atoms with Gasteiger partial charge in [0, 0.05) is 24.9 Å². The minimum atomic E-state index is 0.161. The third-order valence-electron chi connectivity index (χ3n) is 3.88. The number of hydrogen-bond acceptors (Lipinski definition) is 3. The largest absolute Gasteiger partial charge is 0.353 e. The zero-order valence-corrected chi connectivity index (χ0v) is 11.3. The first-order chi connectivity index (χ1) is 9.29. The number of hydrogen-bond donors (Lipinski definition) is 2. The van der Waals surface area contributed by atoms with Gasteiger partial charge in [0.15, 0.2) is 0 Å². The molecular weight excluding hydrogens is 238 g/mol. The van der Waals surface area contributed by atoms with Crippen molar-refractivity contribution >= 4 is 5.91 Å². The minimum Gasteiger partial charge on any atom is -0.353 e. The molecule has 19 heavy (non-hydrogen) atoms. The molecule has 1 aromatic heterocycles. The van der Waals surface area contributed by atoms with Crippen LogP contribution in [-0.2, 0) is 4.79 Å². The number of rotatable bonds is 6. The van der Waals surface area contributed by atoms with Gasteiger partial charge in [-0.1, -0.05) is 18.9 Å². The second-order valence-electron chi connectivity index (χ2n) is 5.31. The van der Waals surface area contributed by atoms with Gasteiger partial charge in [-0.3, -0.25) is 9.78 Å². The average molecular weight is 261 g/mol. The average Bonchev–Trinajstić information content (AvgIpc) is 2.93. The number of carbonyl (C=O) groups excluding carboxylic acids is 1. The maximum Gasteiger partial charge on any atom is 0.220 e.